The van der Waals surface area contributed by atoms with E-state index in [9.17, 15) is 0 Å². The number of rotatable bonds is 2. The van der Waals surface area contributed by atoms with Gasteiger partial charge >= 0.3 is 0 Å². The lowest BCUT2D eigenvalue weighted by molar-refractivity contribution is 0.560. The molecule has 19 heavy (non-hydrogen) atoms. The van der Waals surface area contributed by atoms with Gasteiger partial charge < -0.3 is 5.73 Å². The summed E-state index contributed by atoms with van der Waals surface area (Å²) in [4.78, 5) is 1.32. The Morgan fingerprint density at radius 2 is 2.11 bits per heavy atom. The Balaban J connectivity index is 1.66. The number of aryl methyl sites for hydroxylation is 1. The molecule has 98 valence electrons. The number of benzene rings is 1. The van der Waals surface area contributed by atoms with Gasteiger partial charge in [-0.15, -0.1) is 11.3 Å². The molecule has 0 bridgehead atoms. The first kappa shape index (κ1) is 12.1. The van der Waals surface area contributed by atoms with E-state index in [1.807, 2.05) is 0 Å². The fourth-order valence-corrected chi connectivity index (χ4v) is 5.52. The highest BCUT2D eigenvalue weighted by Gasteiger charge is 2.56. The van der Waals surface area contributed by atoms with Gasteiger partial charge in [0.2, 0.25) is 0 Å². The molecule has 1 saturated carbocycles. The average Bonchev–Trinajstić information content (AvgIpc) is 3.04. The van der Waals surface area contributed by atoms with Gasteiger partial charge in [-0.3, -0.25) is 0 Å². The number of halogens is 1. The van der Waals surface area contributed by atoms with Crippen molar-refractivity contribution in [2.24, 2.45) is 17.6 Å². The van der Waals surface area contributed by atoms with Crippen molar-refractivity contribution in [3.05, 3.63) is 56.2 Å². The maximum absolute atomic E-state index is 6.54. The summed E-state index contributed by atoms with van der Waals surface area (Å²) in [5.41, 5.74) is 9.65. The van der Waals surface area contributed by atoms with Crippen LogP contribution in [0, 0.1) is 11.8 Å². The molecule has 2 aliphatic carbocycles. The molecule has 1 nitrogen and oxygen atoms in total. The number of hydrogen-bond donors (Lipinski definition) is 1. The van der Waals surface area contributed by atoms with Crippen LogP contribution in [0.1, 0.15) is 34.4 Å². The summed E-state index contributed by atoms with van der Waals surface area (Å²) in [5.74, 6) is 2.14. The van der Waals surface area contributed by atoms with Crippen LogP contribution in [0.5, 0.6) is 0 Å². The average molecular weight is 334 g/mol. The molecule has 1 aromatic heterocycles. The normalized spacial score (nSPS) is 29.5. The Bertz CT molecular complexity index is 621. The molecule has 2 aliphatic rings. The zero-order valence-corrected chi connectivity index (χ0v) is 13.0. The monoisotopic (exact) mass is 333 g/mol. The second kappa shape index (κ2) is 4.44. The lowest BCUT2D eigenvalue weighted by atomic mass is 9.92. The largest absolute Gasteiger partial charge is 0.323 e. The van der Waals surface area contributed by atoms with Gasteiger partial charge in [0.05, 0.1) is 0 Å². The third-order valence-electron chi connectivity index (χ3n) is 4.75. The predicted octanol–water partition coefficient (Wildman–Crippen LogP) is 4.49. The Morgan fingerprint density at radius 3 is 2.89 bits per heavy atom. The van der Waals surface area contributed by atoms with E-state index in [-0.39, 0.29) is 6.04 Å². The van der Waals surface area contributed by atoms with Crippen LogP contribution >= 0.6 is 27.3 Å². The van der Waals surface area contributed by atoms with Gasteiger partial charge in [-0.1, -0.05) is 24.3 Å². The summed E-state index contributed by atoms with van der Waals surface area (Å²) in [6, 6.07) is 11.2. The first-order valence-corrected chi connectivity index (χ1v) is 8.51. The summed E-state index contributed by atoms with van der Waals surface area (Å²) in [7, 11) is 0. The van der Waals surface area contributed by atoms with E-state index in [1.165, 1.54) is 22.2 Å². The maximum atomic E-state index is 6.54. The predicted molar refractivity (Wildman–Crippen MR) is 83.4 cm³/mol. The minimum atomic E-state index is 0.190. The summed E-state index contributed by atoms with van der Waals surface area (Å²) in [6.07, 6.45) is 2.54. The summed E-state index contributed by atoms with van der Waals surface area (Å²) < 4.78 is 1.18. The molecule has 0 aliphatic heterocycles. The minimum Gasteiger partial charge on any atom is -0.323 e. The topological polar surface area (TPSA) is 26.0 Å². The second-order valence-electron chi connectivity index (χ2n) is 5.66. The van der Waals surface area contributed by atoms with E-state index in [4.69, 9.17) is 5.73 Å². The first-order valence-electron chi connectivity index (χ1n) is 6.83. The van der Waals surface area contributed by atoms with E-state index in [0.717, 1.165) is 5.92 Å². The van der Waals surface area contributed by atoms with E-state index >= 15 is 0 Å². The molecule has 2 aromatic rings. The quantitative estimate of drug-likeness (QED) is 0.861. The standard InChI is InChI=1S/C16H16BrNS/c17-12-7-8-19-16(12)15(18)14-11-6-5-9-3-1-2-4-10(9)13(11)14/h1-4,7-8,11,13-15H,5-6,18H2. The molecule has 4 unspecified atom stereocenters. The van der Waals surface area contributed by atoms with Crippen LogP contribution < -0.4 is 5.73 Å². The highest BCUT2D eigenvalue weighted by molar-refractivity contribution is 9.10. The van der Waals surface area contributed by atoms with Crippen LogP contribution in [0.3, 0.4) is 0 Å². The van der Waals surface area contributed by atoms with E-state index in [0.29, 0.717) is 11.8 Å². The van der Waals surface area contributed by atoms with Gasteiger partial charge in [-0.2, -0.15) is 0 Å². The van der Waals surface area contributed by atoms with Crippen LogP contribution in [0.15, 0.2) is 40.2 Å². The molecule has 3 heteroatoms. The maximum Gasteiger partial charge on any atom is 0.0438 e. The highest BCUT2D eigenvalue weighted by Crippen LogP contribution is 2.64. The lowest BCUT2D eigenvalue weighted by Gasteiger charge is -2.13. The summed E-state index contributed by atoms with van der Waals surface area (Å²) in [6.45, 7) is 0. The molecule has 0 amide bonds. The van der Waals surface area contributed by atoms with Crippen LogP contribution in [-0.4, -0.2) is 0 Å². The van der Waals surface area contributed by atoms with Crippen molar-refractivity contribution in [3.8, 4) is 0 Å². The number of thiophene rings is 1. The van der Waals surface area contributed by atoms with Crippen molar-refractivity contribution >= 4 is 27.3 Å². The molecule has 0 saturated heterocycles. The van der Waals surface area contributed by atoms with E-state index in [2.05, 4.69) is 51.6 Å². The van der Waals surface area contributed by atoms with E-state index in [1.54, 1.807) is 22.5 Å². The number of fused-ring (bicyclic) bond motifs is 3. The zero-order valence-electron chi connectivity index (χ0n) is 10.6. The van der Waals surface area contributed by atoms with Crippen LogP contribution in [-0.2, 0) is 6.42 Å². The Morgan fingerprint density at radius 1 is 1.26 bits per heavy atom. The van der Waals surface area contributed by atoms with Crippen molar-refractivity contribution in [3.63, 3.8) is 0 Å². The summed E-state index contributed by atoms with van der Waals surface area (Å²) in [5, 5.41) is 2.12. The van der Waals surface area contributed by atoms with Crippen LogP contribution in [0.4, 0.5) is 0 Å². The van der Waals surface area contributed by atoms with Crippen LogP contribution in [0.25, 0.3) is 0 Å². The number of nitrogens with two attached hydrogens (primary N) is 1. The van der Waals surface area contributed by atoms with Crippen molar-refractivity contribution in [2.75, 3.05) is 0 Å². The molecule has 2 N–H and O–H groups in total. The third kappa shape index (κ3) is 1.83. The van der Waals surface area contributed by atoms with Gasteiger partial charge in [-0.05, 0) is 69.1 Å². The minimum absolute atomic E-state index is 0.190. The summed E-state index contributed by atoms with van der Waals surface area (Å²) >= 11 is 5.41. The van der Waals surface area contributed by atoms with Gasteiger partial charge in [0, 0.05) is 15.4 Å². The van der Waals surface area contributed by atoms with Crippen molar-refractivity contribution in [1.82, 2.24) is 0 Å². The van der Waals surface area contributed by atoms with Crippen LogP contribution in [0.2, 0.25) is 0 Å². The number of hydrogen-bond acceptors (Lipinski definition) is 2. The van der Waals surface area contributed by atoms with E-state index < -0.39 is 0 Å². The highest BCUT2D eigenvalue weighted by atomic mass is 79.9. The Kier molecular flexibility index (Phi) is 2.83. The van der Waals surface area contributed by atoms with Crippen molar-refractivity contribution < 1.29 is 0 Å². The molecule has 1 heterocycles. The smallest absolute Gasteiger partial charge is 0.0438 e. The zero-order chi connectivity index (χ0) is 13.0. The molecule has 0 radical (unpaired) electrons. The second-order valence-corrected chi connectivity index (χ2v) is 7.47. The molecule has 1 fully saturated rings. The Labute approximate surface area is 126 Å². The fourth-order valence-electron chi connectivity index (χ4n) is 3.83. The molecule has 4 atom stereocenters. The molecule has 1 aromatic carbocycles. The third-order valence-corrected chi connectivity index (χ3v) is 6.72. The van der Waals surface area contributed by atoms with Gasteiger partial charge in [0.25, 0.3) is 0 Å². The van der Waals surface area contributed by atoms with Gasteiger partial charge in [0.15, 0.2) is 0 Å². The van der Waals surface area contributed by atoms with Crippen molar-refractivity contribution in [1.29, 1.82) is 0 Å². The molecule has 0 spiro atoms. The molecular weight excluding hydrogens is 318 g/mol. The van der Waals surface area contributed by atoms with Gasteiger partial charge in [-0.25, -0.2) is 0 Å². The lowest BCUT2D eigenvalue weighted by Crippen LogP contribution is -2.13. The first-order chi connectivity index (χ1) is 9.27. The SMILES string of the molecule is NC(c1sccc1Br)C1C2CCc3ccccc3C21. The van der Waals surface area contributed by atoms with Gasteiger partial charge in [0.1, 0.15) is 0 Å². The Hall–Kier alpha value is -0.640. The van der Waals surface area contributed by atoms with Crippen molar-refractivity contribution in [2.45, 2.75) is 24.8 Å². The fraction of sp³-hybridized carbons (Fsp3) is 0.375. The molecule has 4 rings (SSSR count). The molecular formula is C16H16BrNS.